The first kappa shape index (κ1) is 22.4. The van der Waals surface area contributed by atoms with Crippen molar-refractivity contribution in [2.75, 3.05) is 5.32 Å². The van der Waals surface area contributed by atoms with Gasteiger partial charge in [-0.2, -0.15) is 5.10 Å². The molecular weight excluding hydrogens is 430 g/mol. The Morgan fingerprint density at radius 1 is 0.824 bits per heavy atom. The molecule has 0 aliphatic carbocycles. The molecule has 0 fully saturated rings. The molecule has 0 bridgehead atoms. The van der Waals surface area contributed by atoms with Crippen LogP contribution in [0.4, 0.5) is 5.69 Å². The van der Waals surface area contributed by atoms with Crippen molar-refractivity contribution in [3.8, 4) is 5.75 Å². The maximum Gasteiger partial charge on any atom is 0.343 e. The molecule has 168 valence electrons. The van der Waals surface area contributed by atoms with Crippen LogP contribution in [-0.2, 0) is 9.59 Å². The Balaban J connectivity index is 1.54. The standard InChI is InChI=1S/C27H21N3O4/c1-18-8-7-12-21(16-18)29-25(31)26(32)30-28-17-23-22-13-6-5-9-19(22)14-15-24(23)34-27(33)20-10-3-2-4-11-20/h2-17H,1H3,(H,29,31)(H,30,32)/b28-17-. The smallest absolute Gasteiger partial charge is 0.343 e. The van der Waals surface area contributed by atoms with Crippen LogP contribution in [-0.4, -0.2) is 24.0 Å². The predicted octanol–water partition coefficient (Wildman–Crippen LogP) is 4.46. The normalized spacial score (nSPS) is 10.7. The number of carbonyl (C=O) groups is 3. The third-order valence-electron chi connectivity index (χ3n) is 4.98. The Hall–Kier alpha value is -4.78. The molecule has 0 atom stereocenters. The molecular formula is C27H21N3O4. The molecule has 4 aromatic carbocycles. The lowest BCUT2D eigenvalue weighted by Crippen LogP contribution is -2.32. The van der Waals surface area contributed by atoms with Crippen molar-refractivity contribution in [3.05, 3.63) is 108 Å². The van der Waals surface area contributed by atoms with Gasteiger partial charge in [-0.25, -0.2) is 10.2 Å². The Labute approximate surface area is 196 Å². The van der Waals surface area contributed by atoms with Crippen molar-refractivity contribution in [1.82, 2.24) is 5.43 Å². The Morgan fingerprint density at radius 2 is 1.59 bits per heavy atom. The average molecular weight is 451 g/mol. The number of amides is 2. The monoisotopic (exact) mass is 451 g/mol. The second-order valence-electron chi connectivity index (χ2n) is 7.48. The van der Waals surface area contributed by atoms with Crippen LogP contribution in [0.15, 0.2) is 96.1 Å². The number of esters is 1. The van der Waals surface area contributed by atoms with Gasteiger partial charge in [0.15, 0.2) is 0 Å². The SMILES string of the molecule is Cc1cccc(NC(=O)C(=O)N/N=C\c2c(OC(=O)c3ccccc3)ccc3ccccc23)c1. The largest absolute Gasteiger partial charge is 0.422 e. The lowest BCUT2D eigenvalue weighted by Gasteiger charge is -2.10. The van der Waals surface area contributed by atoms with Crippen molar-refractivity contribution >= 4 is 40.5 Å². The molecule has 34 heavy (non-hydrogen) atoms. The van der Waals surface area contributed by atoms with E-state index >= 15 is 0 Å². The van der Waals surface area contributed by atoms with Crippen LogP contribution < -0.4 is 15.5 Å². The highest BCUT2D eigenvalue weighted by molar-refractivity contribution is 6.39. The summed E-state index contributed by atoms with van der Waals surface area (Å²) in [5.74, 6) is -2.03. The Bertz CT molecular complexity index is 1400. The van der Waals surface area contributed by atoms with E-state index in [4.69, 9.17) is 4.74 Å². The minimum Gasteiger partial charge on any atom is -0.422 e. The fourth-order valence-corrected chi connectivity index (χ4v) is 3.35. The molecule has 0 aliphatic heterocycles. The number of hydrazone groups is 1. The highest BCUT2D eigenvalue weighted by Crippen LogP contribution is 2.27. The highest BCUT2D eigenvalue weighted by atomic mass is 16.5. The second-order valence-corrected chi connectivity index (χ2v) is 7.48. The van der Waals surface area contributed by atoms with Crippen molar-refractivity contribution in [1.29, 1.82) is 0 Å². The zero-order valence-electron chi connectivity index (χ0n) is 18.3. The molecule has 0 radical (unpaired) electrons. The molecule has 0 spiro atoms. The number of benzene rings is 4. The topological polar surface area (TPSA) is 96.9 Å². The van der Waals surface area contributed by atoms with E-state index in [0.29, 0.717) is 16.8 Å². The summed E-state index contributed by atoms with van der Waals surface area (Å²) >= 11 is 0. The van der Waals surface area contributed by atoms with Gasteiger partial charge in [-0.3, -0.25) is 9.59 Å². The molecule has 2 N–H and O–H groups in total. The first-order valence-electron chi connectivity index (χ1n) is 10.5. The maximum atomic E-state index is 12.6. The number of nitrogens with zero attached hydrogens (tertiary/aromatic N) is 1. The first-order chi connectivity index (χ1) is 16.5. The van der Waals surface area contributed by atoms with Crippen LogP contribution in [0.5, 0.6) is 5.75 Å². The van der Waals surface area contributed by atoms with E-state index in [2.05, 4.69) is 15.8 Å². The highest BCUT2D eigenvalue weighted by Gasteiger charge is 2.15. The lowest BCUT2D eigenvalue weighted by atomic mass is 10.0. The molecule has 0 aliphatic rings. The molecule has 7 heteroatoms. The van der Waals surface area contributed by atoms with E-state index in [0.717, 1.165) is 16.3 Å². The van der Waals surface area contributed by atoms with Gasteiger partial charge in [0, 0.05) is 11.3 Å². The van der Waals surface area contributed by atoms with Crippen LogP contribution in [0, 0.1) is 6.92 Å². The van der Waals surface area contributed by atoms with Crippen molar-refractivity contribution in [2.24, 2.45) is 5.10 Å². The van der Waals surface area contributed by atoms with Gasteiger partial charge in [-0.15, -0.1) is 0 Å². The first-order valence-corrected chi connectivity index (χ1v) is 10.5. The predicted molar refractivity (Wildman–Crippen MR) is 131 cm³/mol. The summed E-state index contributed by atoms with van der Waals surface area (Å²) in [6, 6.07) is 26.7. The number of hydrogen-bond acceptors (Lipinski definition) is 5. The summed E-state index contributed by atoms with van der Waals surface area (Å²) in [4.78, 5) is 37.0. The van der Waals surface area contributed by atoms with E-state index < -0.39 is 17.8 Å². The summed E-state index contributed by atoms with van der Waals surface area (Å²) in [5, 5.41) is 8.12. The van der Waals surface area contributed by atoms with E-state index in [1.165, 1.54) is 6.21 Å². The molecule has 0 unspecified atom stereocenters. The van der Waals surface area contributed by atoms with Crippen LogP contribution in [0.1, 0.15) is 21.5 Å². The van der Waals surface area contributed by atoms with Gasteiger partial charge >= 0.3 is 17.8 Å². The maximum absolute atomic E-state index is 12.6. The summed E-state index contributed by atoms with van der Waals surface area (Å²) < 4.78 is 5.61. The fraction of sp³-hybridized carbons (Fsp3) is 0.0370. The van der Waals surface area contributed by atoms with Gasteiger partial charge in [0.25, 0.3) is 0 Å². The van der Waals surface area contributed by atoms with Gasteiger partial charge < -0.3 is 10.1 Å². The van der Waals surface area contributed by atoms with Gasteiger partial charge in [0.2, 0.25) is 0 Å². The Kier molecular flexibility index (Phi) is 6.74. The number of anilines is 1. The van der Waals surface area contributed by atoms with E-state index in [1.54, 1.807) is 48.5 Å². The zero-order valence-corrected chi connectivity index (χ0v) is 18.3. The van der Waals surface area contributed by atoms with Crippen LogP contribution in [0.3, 0.4) is 0 Å². The average Bonchev–Trinajstić information content (AvgIpc) is 2.85. The third-order valence-corrected chi connectivity index (χ3v) is 4.98. The molecule has 0 saturated heterocycles. The van der Waals surface area contributed by atoms with Crippen molar-refractivity contribution in [3.63, 3.8) is 0 Å². The number of ether oxygens (including phenoxy) is 1. The minimum absolute atomic E-state index is 0.273. The molecule has 4 aromatic rings. The lowest BCUT2D eigenvalue weighted by molar-refractivity contribution is -0.136. The van der Waals surface area contributed by atoms with E-state index in [9.17, 15) is 14.4 Å². The number of hydrogen-bond donors (Lipinski definition) is 2. The zero-order chi connectivity index (χ0) is 23.9. The number of nitrogens with one attached hydrogen (secondary N) is 2. The number of aryl methyl sites for hydroxylation is 1. The van der Waals surface area contributed by atoms with E-state index in [1.807, 2.05) is 49.4 Å². The fourth-order valence-electron chi connectivity index (χ4n) is 3.35. The molecule has 7 nitrogen and oxygen atoms in total. The quantitative estimate of drug-likeness (QED) is 0.154. The third kappa shape index (κ3) is 5.34. The molecule has 4 rings (SSSR count). The van der Waals surface area contributed by atoms with Crippen molar-refractivity contribution in [2.45, 2.75) is 6.92 Å². The van der Waals surface area contributed by atoms with E-state index in [-0.39, 0.29) is 5.75 Å². The molecule has 0 aromatic heterocycles. The van der Waals surface area contributed by atoms with Crippen LogP contribution >= 0.6 is 0 Å². The summed E-state index contributed by atoms with van der Waals surface area (Å²) in [7, 11) is 0. The minimum atomic E-state index is -0.930. The molecule has 0 heterocycles. The molecule has 0 saturated carbocycles. The number of fused-ring (bicyclic) bond motifs is 1. The van der Waals surface area contributed by atoms with Crippen LogP contribution in [0.25, 0.3) is 10.8 Å². The summed E-state index contributed by atoms with van der Waals surface area (Å²) in [6.45, 7) is 1.88. The van der Waals surface area contributed by atoms with Crippen molar-refractivity contribution < 1.29 is 19.1 Å². The van der Waals surface area contributed by atoms with Gasteiger partial charge in [-0.1, -0.05) is 60.7 Å². The van der Waals surface area contributed by atoms with Gasteiger partial charge in [0.05, 0.1) is 11.8 Å². The van der Waals surface area contributed by atoms with Crippen LogP contribution in [0.2, 0.25) is 0 Å². The summed E-state index contributed by atoms with van der Waals surface area (Å²) in [6.07, 6.45) is 1.35. The Morgan fingerprint density at radius 3 is 2.38 bits per heavy atom. The number of carbonyl (C=O) groups excluding carboxylic acids is 3. The second kappa shape index (κ2) is 10.2. The molecule has 2 amide bonds. The number of rotatable bonds is 5. The van der Waals surface area contributed by atoms with Gasteiger partial charge in [-0.05, 0) is 53.6 Å². The summed E-state index contributed by atoms with van der Waals surface area (Å²) in [5.41, 5.74) is 4.57. The van der Waals surface area contributed by atoms with Gasteiger partial charge in [0.1, 0.15) is 5.75 Å².